The molecule has 0 bridgehead atoms. The Bertz CT molecular complexity index is 298. The lowest BCUT2D eigenvalue weighted by Gasteiger charge is -2.16. The third kappa shape index (κ3) is 1.82. The summed E-state index contributed by atoms with van der Waals surface area (Å²) in [6, 6.07) is 3.72. The average molecular weight is 160 g/mol. The zero-order chi connectivity index (χ0) is 9.19. The van der Waals surface area contributed by atoms with Gasteiger partial charge in [-0.1, -0.05) is 32.9 Å². The third-order valence-corrected chi connectivity index (χ3v) is 1.65. The van der Waals surface area contributed by atoms with Crippen LogP contribution in [0.25, 0.3) is 4.85 Å². The Balaban J connectivity index is 3.02. The summed E-state index contributed by atoms with van der Waals surface area (Å²) in [7, 11) is 0. The van der Waals surface area contributed by atoms with Crippen molar-refractivity contribution in [3.8, 4) is 0 Å². The minimum absolute atomic E-state index is 0.0700. The molecule has 1 rings (SSSR count). The van der Waals surface area contributed by atoms with Crippen LogP contribution in [0.15, 0.2) is 18.3 Å². The normalized spacial score (nSPS) is 10.8. The molecule has 12 heavy (non-hydrogen) atoms. The fourth-order valence-electron chi connectivity index (χ4n) is 0.896. The summed E-state index contributed by atoms with van der Waals surface area (Å²) in [4.78, 5) is 7.49. The number of aromatic nitrogens is 1. The van der Waals surface area contributed by atoms with Crippen molar-refractivity contribution in [3.63, 3.8) is 0 Å². The molecule has 0 aliphatic rings. The first-order chi connectivity index (χ1) is 5.54. The van der Waals surface area contributed by atoms with Gasteiger partial charge in [0.25, 0.3) is 0 Å². The molecule has 1 heterocycles. The molecule has 1 aromatic rings. The van der Waals surface area contributed by atoms with Crippen molar-refractivity contribution in [3.05, 3.63) is 35.4 Å². The van der Waals surface area contributed by atoms with E-state index in [1.807, 2.05) is 6.07 Å². The molecule has 0 aromatic carbocycles. The molecule has 0 aliphatic carbocycles. The van der Waals surface area contributed by atoms with E-state index >= 15 is 0 Å². The predicted octanol–water partition coefficient (Wildman–Crippen LogP) is 2.93. The van der Waals surface area contributed by atoms with Gasteiger partial charge in [0, 0.05) is 17.3 Å². The van der Waals surface area contributed by atoms with Gasteiger partial charge < -0.3 is 0 Å². The van der Waals surface area contributed by atoms with Gasteiger partial charge in [0.1, 0.15) is 0 Å². The van der Waals surface area contributed by atoms with Gasteiger partial charge in [0.05, 0.1) is 6.57 Å². The number of rotatable bonds is 0. The molecule has 0 atom stereocenters. The van der Waals surface area contributed by atoms with Crippen LogP contribution in [0, 0.1) is 6.57 Å². The monoisotopic (exact) mass is 160 g/mol. The molecule has 2 nitrogen and oxygen atoms in total. The van der Waals surface area contributed by atoms with E-state index in [0.717, 1.165) is 5.69 Å². The molecule has 2 heteroatoms. The van der Waals surface area contributed by atoms with E-state index in [0.29, 0.717) is 5.69 Å². The van der Waals surface area contributed by atoms with Crippen LogP contribution in [-0.4, -0.2) is 4.98 Å². The highest BCUT2D eigenvalue weighted by Gasteiger charge is 2.14. The molecule has 0 spiro atoms. The zero-order valence-corrected chi connectivity index (χ0v) is 7.63. The highest BCUT2D eigenvalue weighted by atomic mass is 14.7. The van der Waals surface area contributed by atoms with Crippen molar-refractivity contribution >= 4 is 5.69 Å². The molecule has 1 aromatic heterocycles. The summed E-state index contributed by atoms with van der Waals surface area (Å²) >= 11 is 0. The van der Waals surface area contributed by atoms with Crippen LogP contribution in [0.4, 0.5) is 5.69 Å². The van der Waals surface area contributed by atoms with Gasteiger partial charge in [-0.2, -0.15) is 0 Å². The zero-order valence-electron chi connectivity index (χ0n) is 7.63. The fourth-order valence-corrected chi connectivity index (χ4v) is 0.896. The quantitative estimate of drug-likeness (QED) is 0.533. The Morgan fingerprint density at radius 1 is 1.33 bits per heavy atom. The molecule has 0 radical (unpaired) electrons. The Labute approximate surface area is 73.1 Å². The summed E-state index contributed by atoms with van der Waals surface area (Å²) < 4.78 is 0. The Morgan fingerprint density at radius 2 is 2.00 bits per heavy atom. The fraction of sp³-hybridized carbons (Fsp3) is 0.400. The first-order valence-electron chi connectivity index (χ1n) is 3.88. The highest BCUT2D eigenvalue weighted by molar-refractivity contribution is 5.42. The van der Waals surface area contributed by atoms with Gasteiger partial charge in [-0.15, -0.1) is 0 Å². The molecular weight excluding hydrogens is 148 g/mol. The van der Waals surface area contributed by atoms with Gasteiger partial charge in [-0.3, -0.25) is 4.98 Å². The Morgan fingerprint density at radius 3 is 2.33 bits per heavy atom. The molecule has 0 unspecified atom stereocenters. The van der Waals surface area contributed by atoms with E-state index in [1.165, 1.54) is 0 Å². The van der Waals surface area contributed by atoms with E-state index in [1.54, 1.807) is 12.3 Å². The van der Waals surface area contributed by atoms with E-state index in [-0.39, 0.29) is 5.41 Å². The Kier molecular flexibility index (Phi) is 2.14. The van der Waals surface area contributed by atoms with Gasteiger partial charge in [-0.05, 0) is 0 Å². The van der Waals surface area contributed by atoms with Crippen LogP contribution in [0.1, 0.15) is 26.5 Å². The number of nitrogens with zero attached hydrogens (tertiary/aromatic N) is 2. The summed E-state index contributed by atoms with van der Waals surface area (Å²) in [5.41, 5.74) is 1.69. The second-order valence-electron chi connectivity index (χ2n) is 3.76. The average Bonchev–Trinajstić information content (AvgIpc) is 2.03. The predicted molar refractivity (Wildman–Crippen MR) is 49.2 cm³/mol. The van der Waals surface area contributed by atoms with E-state index in [4.69, 9.17) is 6.57 Å². The van der Waals surface area contributed by atoms with Crippen molar-refractivity contribution in [2.24, 2.45) is 0 Å². The van der Waals surface area contributed by atoms with Crippen LogP contribution >= 0.6 is 0 Å². The summed E-state index contributed by atoms with van der Waals surface area (Å²) in [6.45, 7) is 13.1. The number of hydrogen-bond acceptors (Lipinski definition) is 1. The van der Waals surface area contributed by atoms with E-state index < -0.39 is 0 Å². The van der Waals surface area contributed by atoms with Crippen LogP contribution in [-0.2, 0) is 5.41 Å². The lowest BCUT2D eigenvalue weighted by Crippen LogP contribution is -2.12. The molecule has 0 saturated carbocycles. The lowest BCUT2D eigenvalue weighted by atomic mass is 9.92. The molecule has 0 amide bonds. The van der Waals surface area contributed by atoms with Crippen molar-refractivity contribution in [1.29, 1.82) is 0 Å². The standard InChI is InChI=1S/C10H12N2/c1-10(2,3)9-6-5-8(11-4)7-12-9/h5-7H,1-3H3. The van der Waals surface area contributed by atoms with Gasteiger partial charge in [0.2, 0.25) is 5.69 Å². The smallest absolute Gasteiger partial charge is 0.205 e. The minimum Gasteiger partial charge on any atom is -0.272 e. The lowest BCUT2D eigenvalue weighted by molar-refractivity contribution is 0.569. The van der Waals surface area contributed by atoms with Crippen molar-refractivity contribution in [1.82, 2.24) is 4.98 Å². The second-order valence-corrected chi connectivity index (χ2v) is 3.76. The topological polar surface area (TPSA) is 17.2 Å². The highest BCUT2D eigenvalue weighted by Crippen LogP contribution is 2.21. The number of hydrogen-bond donors (Lipinski definition) is 0. The molecule has 0 fully saturated rings. The molecule has 0 N–H and O–H groups in total. The summed E-state index contributed by atoms with van der Waals surface area (Å²) in [6.07, 6.45) is 1.62. The van der Waals surface area contributed by atoms with Crippen LogP contribution < -0.4 is 0 Å². The van der Waals surface area contributed by atoms with Gasteiger partial charge >= 0.3 is 0 Å². The molecule has 0 saturated heterocycles. The van der Waals surface area contributed by atoms with E-state index in [9.17, 15) is 0 Å². The van der Waals surface area contributed by atoms with E-state index in [2.05, 4.69) is 30.6 Å². The molecular formula is C10H12N2. The van der Waals surface area contributed by atoms with Crippen LogP contribution in [0.2, 0.25) is 0 Å². The SMILES string of the molecule is [C-]#[N+]c1ccc(C(C)(C)C)nc1. The maximum absolute atomic E-state index is 6.76. The largest absolute Gasteiger partial charge is 0.272 e. The minimum atomic E-state index is 0.0700. The van der Waals surface area contributed by atoms with Crippen molar-refractivity contribution < 1.29 is 0 Å². The van der Waals surface area contributed by atoms with Crippen LogP contribution in [0.5, 0.6) is 0 Å². The van der Waals surface area contributed by atoms with Crippen molar-refractivity contribution in [2.75, 3.05) is 0 Å². The summed E-state index contributed by atoms with van der Waals surface area (Å²) in [5, 5.41) is 0. The second kappa shape index (κ2) is 2.94. The maximum Gasteiger partial charge on any atom is 0.205 e. The maximum atomic E-state index is 6.76. The summed E-state index contributed by atoms with van der Waals surface area (Å²) in [5.74, 6) is 0. The first kappa shape index (κ1) is 8.73. The first-order valence-corrected chi connectivity index (χ1v) is 3.88. The third-order valence-electron chi connectivity index (χ3n) is 1.65. The molecule has 0 aliphatic heterocycles. The van der Waals surface area contributed by atoms with Gasteiger partial charge in [0.15, 0.2) is 0 Å². The van der Waals surface area contributed by atoms with Crippen LogP contribution in [0.3, 0.4) is 0 Å². The Hall–Kier alpha value is -1.36. The number of pyridine rings is 1. The van der Waals surface area contributed by atoms with Crippen molar-refractivity contribution in [2.45, 2.75) is 26.2 Å². The van der Waals surface area contributed by atoms with Gasteiger partial charge in [-0.25, -0.2) is 4.85 Å². The molecule has 62 valence electrons.